The van der Waals surface area contributed by atoms with Gasteiger partial charge in [-0.3, -0.25) is 20.3 Å². The number of fused-ring (bicyclic) bond motifs is 1. The first kappa shape index (κ1) is 19.9. The molecule has 0 spiro atoms. The van der Waals surface area contributed by atoms with Gasteiger partial charge >= 0.3 is 0 Å². The summed E-state index contributed by atoms with van der Waals surface area (Å²) in [5, 5.41) is 12.1. The predicted octanol–water partition coefficient (Wildman–Crippen LogP) is 0.948. The summed E-state index contributed by atoms with van der Waals surface area (Å²) in [6, 6.07) is 0.798. The van der Waals surface area contributed by atoms with Gasteiger partial charge < -0.3 is 10.6 Å². The van der Waals surface area contributed by atoms with E-state index in [9.17, 15) is 9.59 Å². The van der Waals surface area contributed by atoms with Crippen LogP contribution >= 0.6 is 0 Å². The monoisotopic (exact) mass is 389 g/mol. The van der Waals surface area contributed by atoms with Crippen molar-refractivity contribution >= 4 is 11.8 Å². The van der Waals surface area contributed by atoms with Gasteiger partial charge in [0.15, 0.2) is 0 Å². The third kappa shape index (κ3) is 3.84. The molecule has 0 bridgehead atoms. The molecule has 0 aromatic rings. The molecule has 3 fully saturated rings. The average Bonchev–Trinajstić information content (AvgIpc) is 3.38. The van der Waals surface area contributed by atoms with Crippen LogP contribution in [0.15, 0.2) is 11.8 Å². The van der Waals surface area contributed by atoms with E-state index in [-0.39, 0.29) is 41.7 Å². The molecule has 2 amide bonds. The molecule has 4 N–H and O–H groups in total. The number of carbonyl (C=O) groups excluding carboxylic acids is 2. The van der Waals surface area contributed by atoms with Crippen LogP contribution in [-0.2, 0) is 9.59 Å². The van der Waals surface area contributed by atoms with Crippen molar-refractivity contribution in [2.75, 3.05) is 13.1 Å². The van der Waals surface area contributed by atoms with E-state index in [0.29, 0.717) is 24.5 Å². The lowest BCUT2D eigenvalue weighted by atomic mass is 9.79. The van der Waals surface area contributed by atoms with Crippen LogP contribution in [0.4, 0.5) is 0 Å². The van der Waals surface area contributed by atoms with E-state index in [2.05, 4.69) is 46.3 Å². The normalized spacial score (nSPS) is 38.8. The molecule has 0 radical (unpaired) electrons. The van der Waals surface area contributed by atoms with Crippen molar-refractivity contribution in [3.63, 3.8) is 0 Å². The van der Waals surface area contributed by atoms with Gasteiger partial charge in [-0.1, -0.05) is 13.0 Å². The summed E-state index contributed by atoms with van der Waals surface area (Å²) in [4.78, 5) is 25.5. The second-order valence-corrected chi connectivity index (χ2v) is 9.47. The van der Waals surface area contributed by atoms with Crippen molar-refractivity contribution in [2.45, 2.75) is 65.2 Å². The molecule has 1 aliphatic carbocycles. The first-order valence-electron chi connectivity index (χ1n) is 10.9. The summed E-state index contributed by atoms with van der Waals surface area (Å²) in [5.41, 5.74) is 4.41. The SMILES string of the molecule is CC1=CC(C)C(CNC(=O)C2CC(C3CC3)NC3C2CNN3C(C)C)C(=O)N1. The maximum absolute atomic E-state index is 13.2. The van der Waals surface area contributed by atoms with Crippen LogP contribution < -0.4 is 21.4 Å². The minimum absolute atomic E-state index is 0.00710. The molecule has 28 heavy (non-hydrogen) atoms. The van der Waals surface area contributed by atoms with Crippen LogP contribution in [0.2, 0.25) is 0 Å². The molecule has 6 unspecified atom stereocenters. The van der Waals surface area contributed by atoms with E-state index < -0.39 is 0 Å². The predicted molar refractivity (Wildman–Crippen MR) is 108 cm³/mol. The van der Waals surface area contributed by atoms with Gasteiger partial charge in [0, 0.05) is 42.7 Å². The molecule has 156 valence electrons. The number of allylic oxidation sites excluding steroid dienone is 2. The van der Waals surface area contributed by atoms with Crippen molar-refractivity contribution in [3.05, 3.63) is 11.8 Å². The third-order valence-corrected chi connectivity index (χ3v) is 7.01. The number of carbonyl (C=O) groups is 2. The zero-order valence-corrected chi connectivity index (χ0v) is 17.5. The molecule has 3 heterocycles. The molecule has 1 saturated carbocycles. The number of hydrazine groups is 1. The number of amides is 2. The van der Waals surface area contributed by atoms with E-state index in [1.807, 2.05) is 13.8 Å². The number of hydrogen-bond donors (Lipinski definition) is 4. The summed E-state index contributed by atoms with van der Waals surface area (Å²) < 4.78 is 0. The molecule has 4 aliphatic rings. The largest absolute Gasteiger partial charge is 0.355 e. The fourth-order valence-corrected chi connectivity index (χ4v) is 5.26. The topological polar surface area (TPSA) is 85.5 Å². The van der Waals surface area contributed by atoms with Gasteiger partial charge in [-0.25, -0.2) is 5.01 Å². The zero-order chi connectivity index (χ0) is 20.0. The van der Waals surface area contributed by atoms with E-state index in [4.69, 9.17) is 0 Å². The van der Waals surface area contributed by atoms with Crippen molar-refractivity contribution in [3.8, 4) is 0 Å². The van der Waals surface area contributed by atoms with Gasteiger partial charge in [0.1, 0.15) is 0 Å². The molecule has 7 nitrogen and oxygen atoms in total. The lowest BCUT2D eigenvalue weighted by Crippen LogP contribution is -2.60. The lowest BCUT2D eigenvalue weighted by Gasteiger charge is -2.42. The van der Waals surface area contributed by atoms with Crippen LogP contribution in [-0.4, -0.2) is 48.2 Å². The standard InChI is InChI=1S/C21H35N5O2/c1-11(2)26-19-17(10-23-26)15(8-18(25-19)14-5-6-14)20(27)22-9-16-12(3)7-13(4)24-21(16)28/h7,11-12,14-19,23,25H,5-6,8-10H2,1-4H3,(H,22,27)(H,24,28). The highest BCUT2D eigenvalue weighted by atomic mass is 16.2. The van der Waals surface area contributed by atoms with Crippen LogP contribution in [0.1, 0.15) is 47.0 Å². The highest BCUT2D eigenvalue weighted by Gasteiger charge is 2.50. The van der Waals surface area contributed by atoms with Crippen molar-refractivity contribution in [1.82, 2.24) is 26.4 Å². The Morgan fingerprint density at radius 3 is 2.75 bits per heavy atom. The van der Waals surface area contributed by atoms with Gasteiger partial charge in [-0.05, 0) is 51.9 Å². The first-order valence-corrected chi connectivity index (χ1v) is 10.9. The molecule has 0 aromatic carbocycles. The number of rotatable bonds is 5. The van der Waals surface area contributed by atoms with Crippen molar-refractivity contribution in [2.24, 2.45) is 29.6 Å². The molecule has 0 aromatic heterocycles. The average molecular weight is 390 g/mol. The summed E-state index contributed by atoms with van der Waals surface area (Å²) in [7, 11) is 0. The van der Waals surface area contributed by atoms with Crippen LogP contribution in [0, 0.1) is 29.6 Å². The van der Waals surface area contributed by atoms with E-state index >= 15 is 0 Å². The summed E-state index contributed by atoms with van der Waals surface area (Å²) in [6.45, 7) is 9.56. The number of nitrogens with zero attached hydrogens (tertiary/aromatic N) is 1. The summed E-state index contributed by atoms with van der Waals surface area (Å²) in [6.07, 6.45) is 5.71. The Hall–Kier alpha value is -1.44. The van der Waals surface area contributed by atoms with E-state index in [1.165, 1.54) is 12.8 Å². The maximum Gasteiger partial charge on any atom is 0.229 e. The van der Waals surface area contributed by atoms with Gasteiger partial charge in [0.05, 0.1) is 12.1 Å². The van der Waals surface area contributed by atoms with Gasteiger partial charge in [-0.15, -0.1) is 0 Å². The second-order valence-electron chi connectivity index (χ2n) is 9.47. The molecular weight excluding hydrogens is 354 g/mol. The lowest BCUT2D eigenvalue weighted by molar-refractivity contribution is -0.130. The Kier molecular flexibility index (Phi) is 5.51. The van der Waals surface area contributed by atoms with Crippen molar-refractivity contribution in [1.29, 1.82) is 0 Å². The maximum atomic E-state index is 13.2. The first-order chi connectivity index (χ1) is 13.3. The Morgan fingerprint density at radius 2 is 2.11 bits per heavy atom. The fraction of sp³-hybridized carbons (Fsp3) is 0.810. The smallest absolute Gasteiger partial charge is 0.229 e. The number of piperidine rings is 1. The molecule has 2 saturated heterocycles. The molecule has 4 rings (SSSR count). The zero-order valence-electron chi connectivity index (χ0n) is 17.5. The minimum atomic E-state index is -0.196. The molecule has 3 aliphatic heterocycles. The van der Waals surface area contributed by atoms with Gasteiger partial charge in [0.2, 0.25) is 11.8 Å². The van der Waals surface area contributed by atoms with Crippen LogP contribution in [0.25, 0.3) is 0 Å². The summed E-state index contributed by atoms with van der Waals surface area (Å²) in [5.74, 6) is 1.03. The Morgan fingerprint density at radius 1 is 1.36 bits per heavy atom. The second kappa shape index (κ2) is 7.76. The van der Waals surface area contributed by atoms with E-state index in [1.54, 1.807) is 0 Å². The molecule has 6 atom stereocenters. The third-order valence-electron chi connectivity index (χ3n) is 7.01. The highest BCUT2D eigenvalue weighted by molar-refractivity contribution is 5.84. The van der Waals surface area contributed by atoms with Crippen molar-refractivity contribution < 1.29 is 9.59 Å². The van der Waals surface area contributed by atoms with Crippen LogP contribution in [0.3, 0.4) is 0 Å². The molecule has 7 heteroatoms. The fourth-order valence-electron chi connectivity index (χ4n) is 5.26. The quantitative estimate of drug-likeness (QED) is 0.563. The Balaban J connectivity index is 1.43. The number of hydrogen-bond acceptors (Lipinski definition) is 5. The Labute approximate surface area is 168 Å². The minimum Gasteiger partial charge on any atom is -0.355 e. The van der Waals surface area contributed by atoms with E-state index in [0.717, 1.165) is 18.7 Å². The Bertz CT molecular complexity index is 659. The highest BCUT2D eigenvalue weighted by Crippen LogP contribution is 2.41. The molecular formula is C21H35N5O2. The van der Waals surface area contributed by atoms with Gasteiger partial charge in [-0.2, -0.15) is 0 Å². The number of nitrogens with one attached hydrogen (secondary N) is 4. The summed E-state index contributed by atoms with van der Waals surface area (Å²) >= 11 is 0. The van der Waals surface area contributed by atoms with Gasteiger partial charge in [0.25, 0.3) is 0 Å². The van der Waals surface area contributed by atoms with Crippen LogP contribution in [0.5, 0.6) is 0 Å².